The van der Waals surface area contributed by atoms with Gasteiger partial charge in [0.15, 0.2) is 23.3 Å². The van der Waals surface area contributed by atoms with Crippen LogP contribution in [0.25, 0.3) is 0 Å². The Morgan fingerprint density at radius 2 is 1.48 bits per heavy atom. The van der Waals surface area contributed by atoms with Crippen molar-refractivity contribution in [2.75, 3.05) is 44.7 Å². The zero-order valence-corrected chi connectivity index (χ0v) is 17.5. The number of morpholine rings is 1. The number of halogens is 4. The first-order valence-corrected chi connectivity index (χ1v) is 10.3. The molecule has 0 aliphatic carbocycles. The Kier molecular flexibility index (Phi) is 6.52. The number of carbonyl (C=O) groups excluding carboxylic acids is 2. The summed E-state index contributed by atoms with van der Waals surface area (Å²) in [4.78, 5) is 28.4. The summed E-state index contributed by atoms with van der Waals surface area (Å²) in [6.45, 7) is 0.780. The first-order chi connectivity index (χ1) is 15.8. The lowest BCUT2D eigenvalue weighted by atomic mass is 10.1. The van der Waals surface area contributed by atoms with Crippen molar-refractivity contribution >= 4 is 17.6 Å². The van der Waals surface area contributed by atoms with Gasteiger partial charge >= 0.3 is 6.03 Å². The van der Waals surface area contributed by atoms with Crippen LogP contribution in [-0.4, -0.2) is 66.9 Å². The number of anilines is 1. The number of hydrogen-bond donors (Lipinski definition) is 1. The van der Waals surface area contributed by atoms with E-state index < -0.39 is 41.0 Å². The van der Waals surface area contributed by atoms with E-state index >= 15 is 0 Å². The molecule has 2 saturated heterocycles. The highest BCUT2D eigenvalue weighted by molar-refractivity contribution is 5.94. The predicted molar refractivity (Wildman–Crippen MR) is 108 cm³/mol. The van der Waals surface area contributed by atoms with E-state index in [2.05, 4.69) is 5.32 Å². The van der Waals surface area contributed by atoms with Crippen LogP contribution < -0.4 is 5.32 Å². The molecule has 176 valence electrons. The maximum atomic E-state index is 13.6. The van der Waals surface area contributed by atoms with Gasteiger partial charge in [-0.15, -0.1) is 0 Å². The zero-order valence-electron chi connectivity index (χ0n) is 17.5. The quantitative estimate of drug-likeness (QED) is 0.688. The van der Waals surface area contributed by atoms with Crippen LogP contribution in [-0.2, 0) is 9.47 Å². The summed E-state index contributed by atoms with van der Waals surface area (Å²) in [7, 11) is 0. The van der Waals surface area contributed by atoms with Crippen LogP contribution in [0.15, 0.2) is 36.4 Å². The lowest BCUT2D eigenvalue weighted by Gasteiger charge is -2.43. The fourth-order valence-electron chi connectivity index (χ4n) is 3.80. The highest BCUT2D eigenvalue weighted by atomic mass is 19.2. The van der Waals surface area contributed by atoms with Gasteiger partial charge in [-0.1, -0.05) is 0 Å². The van der Waals surface area contributed by atoms with E-state index in [1.807, 2.05) is 0 Å². The van der Waals surface area contributed by atoms with Crippen molar-refractivity contribution in [3.8, 4) is 0 Å². The summed E-state index contributed by atoms with van der Waals surface area (Å²) >= 11 is 0. The number of rotatable bonds is 2. The van der Waals surface area contributed by atoms with Gasteiger partial charge in [0.1, 0.15) is 0 Å². The van der Waals surface area contributed by atoms with Gasteiger partial charge in [-0.3, -0.25) is 4.79 Å². The molecule has 2 aliphatic heterocycles. The van der Waals surface area contributed by atoms with Crippen LogP contribution in [0.4, 0.5) is 28.0 Å². The largest absolute Gasteiger partial charge is 0.347 e. The van der Waals surface area contributed by atoms with Gasteiger partial charge in [0.05, 0.1) is 26.3 Å². The Bertz CT molecular complexity index is 1070. The molecule has 0 saturated carbocycles. The third kappa shape index (κ3) is 5.09. The predicted octanol–water partition coefficient (Wildman–Crippen LogP) is 3.37. The molecule has 1 unspecified atom stereocenters. The van der Waals surface area contributed by atoms with Gasteiger partial charge in [-0.2, -0.15) is 0 Å². The normalized spacial score (nSPS) is 21.1. The Hall–Kier alpha value is -3.18. The highest BCUT2D eigenvalue weighted by Crippen LogP contribution is 2.26. The maximum absolute atomic E-state index is 13.6. The van der Waals surface area contributed by atoms with Gasteiger partial charge in [-0.05, 0) is 36.8 Å². The van der Waals surface area contributed by atoms with Crippen molar-refractivity contribution in [1.29, 1.82) is 0 Å². The molecule has 7 nitrogen and oxygen atoms in total. The van der Waals surface area contributed by atoms with E-state index in [0.29, 0.717) is 13.0 Å². The number of amides is 3. The molecule has 3 amide bonds. The number of nitrogens with one attached hydrogen (secondary N) is 1. The fourth-order valence-corrected chi connectivity index (χ4v) is 3.80. The van der Waals surface area contributed by atoms with Crippen molar-refractivity contribution in [2.45, 2.75) is 12.2 Å². The third-order valence-corrected chi connectivity index (χ3v) is 5.44. The van der Waals surface area contributed by atoms with E-state index in [-0.39, 0.29) is 44.1 Å². The molecule has 0 radical (unpaired) electrons. The molecular formula is C22H21F4N3O4. The lowest BCUT2D eigenvalue weighted by molar-refractivity contribution is -0.258. The molecule has 1 N–H and O–H groups in total. The molecule has 4 rings (SSSR count). The van der Waals surface area contributed by atoms with Gasteiger partial charge in [0.2, 0.25) is 5.79 Å². The summed E-state index contributed by atoms with van der Waals surface area (Å²) in [5.74, 6) is -6.16. The molecule has 1 atom stereocenters. The standard InChI is InChI=1S/C22H21F4N3O4/c23-16-4-2-14(10-18(16)25)20(30)28-7-9-33-22(12-28)13-29(6-1-8-32-22)21(31)27-15-3-5-17(24)19(26)11-15/h2-5,10-11H,1,6-9,12-13H2,(H,27,31). The molecule has 2 aromatic rings. The summed E-state index contributed by atoms with van der Waals surface area (Å²) in [6.07, 6.45) is 0.480. The van der Waals surface area contributed by atoms with E-state index in [1.165, 1.54) is 21.9 Å². The summed E-state index contributed by atoms with van der Waals surface area (Å²) in [5, 5.41) is 2.51. The molecule has 2 aliphatic rings. The minimum Gasteiger partial charge on any atom is -0.347 e. The maximum Gasteiger partial charge on any atom is 0.322 e. The Morgan fingerprint density at radius 1 is 0.818 bits per heavy atom. The average molecular weight is 467 g/mol. The van der Waals surface area contributed by atoms with Crippen molar-refractivity contribution in [3.63, 3.8) is 0 Å². The SMILES string of the molecule is O=C(Nc1ccc(F)c(F)c1)N1CCCOC2(C1)CN(C(=O)c1ccc(F)c(F)c1)CCO2. The van der Waals surface area contributed by atoms with Crippen molar-refractivity contribution in [1.82, 2.24) is 9.80 Å². The number of carbonyl (C=O) groups is 2. The fraction of sp³-hybridized carbons (Fsp3) is 0.364. The van der Waals surface area contributed by atoms with Crippen molar-refractivity contribution < 1.29 is 36.6 Å². The molecule has 2 fully saturated rings. The van der Waals surface area contributed by atoms with Gasteiger partial charge in [-0.25, -0.2) is 22.4 Å². The first kappa shape index (κ1) is 23.0. The monoisotopic (exact) mass is 467 g/mol. The molecule has 0 bridgehead atoms. The second-order valence-corrected chi connectivity index (χ2v) is 7.80. The molecule has 11 heteroatoms. The zero-order chi connectivity index (χ0) is 23.6. The number of benzene rings is 2. The molecule has 2 heterocycles. The number of hydrogen-bond acceptors (Lipinski definition) is 4. The van der Waals surface area contributed by atoms with Crippen LogP contribution in [0.5, 0.6) is 0 Å². The van der Waals surface area contributed by atoms with Crippen LogP contribution in [0, 0.1) is 23.3 Å². The van der Waals surface area contributed by atoms with E-state index in [4.69, 9.17) is 9.47 Å². The van der Waals surface area contributed by atoms with Crippen molar-refractivity contribution in [3.05, 3.63) is 65.2 Å². The van der Waals surface area contributed by atoms with Crippen LogP contribution in [0.2, 0.25) is 0 Å². The van der Waals surface area contributed by atoms with Crippen LogP contribution >= 0.6 is 0 Å². The van der Waals surface area contributed by atoms with E-state index in [1.54, 1.807) is 0 Å². The molecule has 1 spiro atoms. The van der Waals surface area contributed by atoms with Crippen molar-refractivity contribution in [2.24, 2.45) is 0 Å². The molecular weight excluding hydrogens is 446 g/mol. The number of ether oxygens (including phenoxy) is 2. The minimum atomic E-state index is -1.33. The van der Waals surface area contributed by atoms with Gasteiger partial charge in [0.25, 0.3) is 5.91 Å². The van der Waals surface area contributed by atoms with Crippen LogP contribution in [0.3, 0.4) is 0 Å². The minimum absolute atomic E-state index is 0.0208. The second kappa shape index (κ2) is 9.36. The first-order valence-electron chi connectivity index (χ1n) is 10.3. The molecule has 2 aromatic carbocycles. The van der Waals surface area contributed by atoms with E-state index in [0.717, 1.165) is 24.3 Å². The molecule has 0 aromatic heterocycles. The average Bonchev–Trinajstić information content (AvgIpc) is 3.00. The Balaban J connectivity index is 1.48. The smallest absolute Gasteiger partial charge is 0.322 e. The lowest BCUT2D eigenvalue weighted by Crippen LogP contribution is -2.60. The summed E-state index contributed by atoms with van der Waals surface area (Å²) in [6, 6.07) is 5.35. The number of urea groups is 1. The molecule has 33 heavy (non-hydrogen) atoms. The van der Waals surface area contributed by atoms with Crippen LogP contribution in [0.1, 0.15) is 16.8 Å². The van der Waals surface area contributed by atoms with Gasteiger partial charge < -0.3 is 24.6 Å². The van der Waals surface area contributed by atoms with E-state index in [9.17, 15) is 27.2 Å². The highest BCUT2D eigenvalue weighted by Gasteiger charge is 2.43. The topological polar surface area (TPSA) is 71.1 Å². The number of nitrogens with zero attached hydrogens (tertiary/aromatic N) is 2. The second-order valence-electron chi connectivity index (χ2n) is 7.80. The third-order valence-electron chi connectivity index (χ3n) is 5.44. The Morgan fingerprint density at radius 3 is 2.21 bits per heavy atom. The summed E-state index contributed by atoms with van der Waals surface area (Å²) < 4.78 is 65.1. The Labute approximate surface area is 186 Å². The summed E-state index contributed by atoms with van der Waals surface area (Å²) in [5.41, 5.74) is 0.0605. The van der Waals surface area contributed by atoms with Gasteiger partial charge in [0, 0.05) is 30.4 Å².